The summed E-state index contributed by atoms with van der Waals surface area (Å²) in [6.07, 6.45) is 2.83. The molecular formula is C27H39N5O4. The number of piperidine rings is 1. The fourth-order valence-corrected chi connectivity index (χ4v) is 5.70. The molecule has 3 aliphatic heterocycles. The molecule has 4 unspecified atom stereocenters. The maximum absolute atomic E-state index is 13.7. The van der Waals surface area contributed by atoms with Crippen molar-refractivity contribution in [1.82, 2.24) is 20.4 Å². The fraction of sp³-hybridized carbons (Fsp3) is 0.630. The zero-order valence-electron chi connectivity index (χ0n) is 21.8. The number of hydrogen-bond donors (Lipinski definition) is 2. The van der Waals surface area contributed by atoms with Crippen LogP contribution in [-0.2, 0) is 14.4 Å². The van der Waals surface area contributed by atoms with Crippen LogP contribution in [0.2, 0.25) is 0 Å². The Morgan fingerprint density at radius 2 is 1.83 bits per heavy atom. The van der Waals surface area contributed by atoms with Gasteiger partial charge < -0.3 is 25.3 Å². The van der Waals surface area contributed by atoms with Crippen molar-refractivity contribution >= 4 is 29.2 Å². The van der Waals surface area contributed by atoms with E-state index in [0.717, 1.165) is 25.1 Å². The van der Waals surface area contributed by atoms with Gasteiger partial charge in [-0.3, -0.25) is 19.2 Å². The second kappa shape index (κ2) is 11.0. The molecule has 3 fully saturated rings. The Hall–Kier alpha value is -2.94. The molecule has 9 heteroatoms. The lowest BCUT2D eigenvalue weighted by Gasteiger charge is -2.30. The van der Waals surface area contributed by atoms with Gasteiger partial charge >= 0.3 is 0 Å². The fourth-order valence-electron chi connectivity index (χ4n) is 5.70. The van der Waals surface area contributed by atoms with Crippen LogP contribution in [0.25, 0.3) is 0 Å². The summed E-state index contributed by atoms with van der Waals surface area (Å²) in [5, 5.41) is 6.20. The van der Waals surface area contributed by atoms with Gasteiger partial charge in [-0.05, 0) is 62.4 Å². The van der Waals surface area contributed by atoms with E-state index in [0.29, 0.717) is 31.5 Å². The molecule has 3 heterocycles. The van der Waals surface area contributed by atoms with Gasteiger partial charge in [0.25, 0.3) is 5.91 Å². The van der Waals surface area contributed by atoms with Crippen molar-refractivity contribution in [1.29, 1.82) is 0 Å². The predicted octanol–water partition coefficient (Wildman–Crippen LogP) is 1.28. The van der Waals surface area contributed by atoms with E-state index in [4.69, 9.17) is 0 Å². The highest BCUT2D eigenvalue weighted by Crippen LogP contribution is 2.32. The average Bonchev–Trinajstić information content (AvgIpc) is 3.44. The Morgan fingerprint density at radius 3 is 2.44 bits per heavy atom. The largest absolute Gasteiger partial charge is 0.378 e. The van der Waals surface area contributed by atoms with Crippen LogP contribution in [0.1, 0.15) is 49.9 Å². The van der Waals surface area contributed by atoms with Crippen LogP contribution in [0.15, 0.2) is 24.3 Å². The Bertz CT molecular complexity index is 986. The van der Waals surface area contributed by atoms with Gasteiger partial charge in [-0.15, -0.1) is 0 Å². The number of ketones is 1. The third kappa shape index (κ3) is 5.40. The first-order valence-electron chi connectivity index (χ1n) is 13.1. The molecule has 2 N–H and O–H groups in total. The van der Waals surface area contributed by atoms with Gasteiger partial charge in [0.1, 0.15) is 12.1 Å². The summed E-state index contributed by atoms with van der Waals surface area (Å²) >= 11 is 0. The molecular weight excluding hydrogens is 458 g/mol. The van der Waals surface area contributed by atoms with E-state index >= 15 is 0 Å². The minimum absolute atomic E-state index is 0.0190. The van der Waals surface area contributed by atoms with Crippen molar-refractivity contribution in [2.24, 2.45) is 11.8 Å². The van der Waals surface area contributed by atoms with Gasteiger partial charge in [0.15, 0.2) is 5.78 Å². The first kappa shape index (κ1) is 26.1. The normalized spacial score (nSPS) is 24.6. The molecule has 0 radical (unpaired) electrons. The number of fused-ring (bicyclic) bond motifs is 1. The van der Waals surface area contributed by atoms with Gasteiger partial charge in [0.05, 0.1) is 18.5 Å². The minimum Gasteiger partial charge on any atom is -0.378 e. The first-order chi connectivity index (χ1) is 17.2. The van der Waals surface area contributed by atoms with Crippen LogP contribution >= 0.6 is 0 Å². The molecule has 196 valence electrons. The van der Waals surface area contributed by atoms with Crippen molar-refractivity contribution in [3.05, 3.63) is 29.8 Å². The minimum atomic E-state index is -0.732. The van der Waals surface area contributed by atoms with Crippen molar-refractivity contribution < 1.29 is 19.2 Å². The molecule has 36 heavy (non-hydrogen) atoms. The number of Topliss-reactive ketones (excluding diaryl/α,β-unsaturated/α-hetero) is 1. The molecule has 0 aliphatic carbocycles. The summed E-state index contributed by atoms with van der Waals surface area (Å²) in [5.41, 5.74) is 1.46. The topological polar surface area (TPSA) is 102 Å². The molecule has 4 rings (SSSR count). The lowest BCUT2D eigenvalue weighted by atomic mass is 9.97. The van der Waals surface area contributed by atoms with Crippen molar-refractivity contribution in [2.75, 3.05) is 45.2 Å². The molecule has 0 bridgehead atoms. The molecule has 1 aromatic carbocycles. The first-order valence-corrected chi connectivity index (χ1v) is 13.1. The lowest BCUT2D eigenvalue weighted by Crippen LogP contribution is -2.53. The third-order valence-corrected chi connectivity index (χ3v) is 7.59. The molecule has 3 aliphatic rings. The van der Waals surface area contributed by atoms with Crippen molar-refractivity contribution in [3.8, 4) is 0 Å². The number of carbonyl (C=O) groups excluding carboxylic acids is 4. The molecule has 0 aromatic heterocycles. The number of nitrogens with one attached hydrogen (secondary N) is 2. The molecule has 3 saturated heterocycles. The van der Waals surface area contributed by atoms with E-state index in [1.807, 2.05) is 45.0 Å². The Kier molecular flexibility index (Phi) is 7.97. The number of carbonyl (C=O) groups is 4. The highest BCUT2D eigenvalue weighted by Gasteiger charge is 2.52. The van der Waals surface area contributed by atoms with Gasteiger partial charge in [-0.1, -0.05) is 13.8 Å². The quantitative estimate of drug-likeness (QED) is 0.589. The van der Waals surface area contributed by atoms with E-state index in [-0.39, 0.29) is 47.9 Å². The number of benzene rings is 1. The molecule has 4 atom stereocenters. The number of rotatable bonds is 7. The Morgan fingerprint density at radius 1 is 1.11 bits per heavy atom. The maximum atomic E-state index is 13.7. The highest BCUT2D eigenvalue weighted by molar-refractivity contribution is 6.01. The summed E-state index contributed by atoms with van der Waals surface area (Å²) in [7, 11) is 3.86. The Labute approximate surface area is 213 Å². The van der Waals surface area contributed by atoms with Crippen LogP contribution < -0.4 is 15.5 Å². The summed E-state index contributed by atoms with van der Waals surface area (Å²) in [6, 6.07) is 5.60. The number of likely N-dealkylation sites (tertiary alicyclic amines) is 2. The van der Waals surface area contributed by atoms with E-state index < -0.39 is 12.1 Å². The zero-order valence-corrected chi connectivity index (χ0v) is 21.8. The third-order valence-electron chi connectivity index (χ3n) is 7.59. The second-order valence-electron chi connectivity index (χ2n) is 10.9. The van der Waals surface area contributed by atoms with Gasteiger partial charge in [0.2, 0.25) is 11.8 Å². The van der Waals surface area contributed by atoms with Crippen LogP contribution in [0, 0.1) is 11.8 Å². The average molecular weight is 498 g/mol. The van der Waals surface area contributed by atoms with Crippen LogP contribution in [0.4, 0.5) is 5.69 Å². The van der Waals surface area contributed by atoms with Crippen molar-refractivity contribution in [3.63, 3.8) is 0 Å². The SMILES string of the molecule is CC(C)CC(NC(=O)c1ccc(N(C)C)cc1)C(=O)N1CCC2C1C(=O)CN2C(=O)C1CCCNC1. The van der Waals surface area contributed by atoms with Gasteiger partial charge in [0, 0.05) is 38.4 Å². The standard InChI is InChI=1S/C27H39N5O4/c1-17(2)14-21(29-25(34)18-7-9-20(10-8-18)30(3)4)27(36)31-13-11-22-24(31)23(33)16-32(22)26(35)19-6-5-12-28-15-19/h7-10,17,19,21-22,24,28H,5-6,11-16H2,1-4H3,(H,29,34). The van der Waals surface area contributed by atoms with Gasteiger partial charge in [-0.25, -0.2) is 0 Å². The summed E-state index contributed by atoms with van der Waals surface area (Å²) in [5.74, 6) is -0.555. The summed E-state index contributed by atoms with van der Waals surface area (Å²) in [4.78, 5) is 58.2. The maximum Gasteiger partial charge on any atom is 0.251 e. The number of hydrogen-bond acceptors (Lipinski definition) is 6. The number of nitrogens with zero attached hydrogens (tertiary/aromatic N) is 3. The van der Waals surface area contributed by atoms with Gasteiger partial charge in [-0.2, -0.15) is 0 Å². The highest BCUT2D eigenvalue weighted by atomic mass is 16.2. The van der Waals surface area contributed by atoms with Crippen LogP contribution in [0.5, 0.6) is 0 Å². The molecule has 0 spiro atoms. The molecule has 1 aromatic rings. The summed E-state index contributed by atoms with van der Waals surface area (Å²) in [6.45, 7) is 6.04. The van der Waals surface area contributed by atoms with Crippen molar-refractivity contribution in [2.45, 2.75) is 57.7 Å². The zero-order chi connectivity index (χ0) is 26.0. The second-order valence-corrected chi connectivity index (χ2v) is 10.9. The number of anilines is 1. The van der Waals surface area contributed by atoms with Crippen LogP contribution in [-0.4, -0.2) is 91.7 Å². The Balaban J connectivity index is 1.46. The number of amides is 3. The lowest BCUT2D eigenvalue weighted by molar-refractivity contribution is -0.138. The van der Waals surface area contributed by atoms with E-state index in [1.54, 1.807) is 21.9 Å². The van der Waals surface area contributed by atoms with Crippen LogP contribution in [0.3, 0.4) is 0 Å². The predicted molar refractivity (Wildman–Crippen MR) is 138 cm³/mol. The molecule has 3 amide bonds. The monoisotopic (exact) mass is 497 g/mol. The summed E-state index contributed by atoms with van der Waals surface area (Å²) < 4.78 is 0. The van der Waals surface area contributed by atoms with E-state index in [2.05, 4.69) is 10.6 Å². The molecule has 0 saturated carbocycles. The molecule has 9 nitrogen and oxygen atoms in total. The van der Waals surface area contributed by atoms with E-state index in [9.17, 15) is 19.2 Å². The van der Waals surface area contributed by atoms with E-state index in [1.165, 1.54) is 0 Å². The smallest absolute Gasteiger partial charge is 0.251 e.